The monoisotopic (exact) mass is 405 g/mol. The van der Waals surface area contributed by atoms with Crippen molar-refractivity contribution in [2.75, 3.05) is 44.8 Å². The minimum absolute atomic E-state index is 0.0709. The zero-order chi connectivity index (χ0) is 19.6. The number of sulfone groups is 1. The van der Waals surface area contributed by atoms with Gasteiger partial charge in [-0.05, 0) is 18.2 Å². The second kappa shape index (κ2) is 7.97. The Kier molecular flexibility index (Phi) is 5.85. The second-order valence-electron chi connectivity index (χ2n) is 6.79. The van der Waals surface area contributed by atoms with Gasteiger partial charge in [-0.1, -0.05) is 0 Å². The Hall–Kier alpha value is -1.94. The lowest BCUT2D eigenvalue weighted by atomic mass is 10.1. The molecule has 2 fully saturated rings. The molecule has 2 aliphatic rings. The van der Waals surface area contributed by atoms with Crippen LogP contribution in [0.15, 0.2) is 18.2 Å². The molecule has 1 aromatic carbocycles. The fourth-order valence-corrected chi connectivity index (χ4v) is 5.52. The summed E-state index contributed by atoms with van der Waals surface area (Å²) < 4.78 is 57.5. The lowest BCUT2D eigenvalue weighted by Gasteiger charge is -2.35. The lowest BCUT2D eigenvalue weighted by molar-refractivity contribution is -0.925. The van der Waals surface area contributed by atoms with Crippen LogP contribution < -0.4 is 14.4 Å². The first kappa shape index (κ1) is 19.8. The number of piperazine rings is 1. The largest absolute Gasteiger partial charge is 0.493 e. The maximum Gasteiger partial charge on any atom is 0.387 e. The molecule has 0 aliphatic carbocycles. The number of hydrogen-bond acceptors (Lipinski definition) is 5. The van der Waals surface area contributed by atoms with Crippen LogP contribution in [-0.4, -0.2) is 76.7 Å². The quantitative estimate of drug-likeness (QED) is 0.736. The van der Waals surface area contributed by atoms with Gasteiger partial charge in [-0.25, -0.2) is 8.42 Å². The summed E-state index contributed by atoms with van der Waals surface area (Å²) in [6, 6.07) is 4.23. The predicted molar refractivity (Wildman–Crippen MR) is 93.3 cm³/mol. The standard InChI is InChI=1S/C17H22F2N2O5S/c1-25-15-10-12(2-3-14(15)26-17(18)19)16(22)21-7-5-20(6-8-21)13-4-9-27(23,24)11-13/h2-3,10,13,17H,4-9,11H2,1H3/p+1/t13-/m1/s1. The molecule has 0 bridgehead atoms. The van der Waals surface area contributed by atoms with E-state index in [2.05, 4.69) is 4.74 Å². The number of methoxy groups -OCH3 is 1. The molecule has 1 N–H and O–H groups in total. The number of benzene rings is 1. The molecule has 10 heteroatoms. The minimum atomic E-state index is -2.98. The molecule has 1 atom stereocenters. The topological polar surface area (TPSA) is 77.4 Å². The maximum atomic E-state index is 12.7. The van der Waals surface area contributed by atoms with Gasteiger partial charge in [0.25, 0.3) is 5.91 Å². The van der Waals surface area contributed by atoms with Gasteiger partial charge in [0.2, 0.25) is 0 Å². The first-order valence-electron chi connectivity index (χ1n) is 8.76. The predicted octanol–water partition coefficient (Wildman–Crippen LogP) is -0.176. The third-order valence-corrected chi connectivity index (χ3v) is 6.90. The van der Waals surface area contributed by atoms with Crippen molar-refractivity contribution in [3.63, 3.8) is 0 Å². The smallest absolute Gasteiger partial charge is 0.387 e. The highest BCUT2D eigenvalue weighted by Crippen LogP contribution is 2.29. The Morgan fingerprint density at radius 2 is 1.96 bits per heavy atom. The van der Waals surface area contributed by atoms with Crippen LogP contribution in [0.3, 0.4) is 0 Å². The average molecular weight is 405 g/mol. The van der Waals surface area contributed by atoms with Gasteiger partial charge in [0, 0.05) is 12.0 Å². The number of nitrogens with one attached hydrogen (secondary N) is 1. The molecule has 1 aromatic rings. The van der Waals surface area contributed by atoms with Gasteiger partial charge >= 0.3 is 6.61 Å². The first-order chi connectivity index (χ1) is 12.8. The highest BCUT2D eigenvalue weighted by Gasteiger charge is 2.37. The molecule has 7 nitrogen and oxygen atoms in total. The zero-order valence-corrected chi connectivity index (χ0v) is 15.8. The van der Waals surface area contributed by atoms with Gasteiger partial charge in [0.1, 0.15) is 11.8 Å². The third kappa shape index (κ3) is 4.67. The van der Waals surface area contributed by atoms with Crippen LogP contribution in [0.4, 0.5) is 8.78 Å². The van der Waals surface area contributed by atoms with Crippen LogP contribution in [-0.2, 0) is 9.84 Å². The number of nitrogens with zero attached hydrogens (tertiary/aromatic N) is 1. The van der Waals surface area contributed by atoms with E-state index < -0.39 is 16.4 Å². The molecule has 150 valence electrons. The summed E-state index contributed by atoms with van der Waals surface area (Å²) in [5, 5.41) is 0. The van der Waals surface area contributed by atoms with Gasteiger partial charge < -0.3 is 19.3 Å². The molecule has 0 aromatic heterocycles. The highest BCUT2D eigenvalue weighted by molar-refractivity contribution is 7.91. The molecular formula is C17H23F2N2O5S+. The van der Waals surface area contributed by atoms with Gasteiger partial charge in [-0.3, -0.25) is 4.79 Å². The third-order valence-electron chi connectivity index (χ3n) is 5.13. The Balaban J connectivity index is 1.62. The summed E-state index contributed by atoms with van der Waals surface area (Å²) >= 11 is 0. The van der Waals surface area contributed by atoms with Crippen molar-refractivity contribution in [2.24, 2.45) is 0 Å². The second-order valence-corrected chi connectivity index (χ2v) is 9.02. The van der Waals surface area contributed by atoms with Crippen molar-refractivity contribution in [3.05, 3.63) is 23.8 Å². The van der Waals surface area contributed by atoms with Crippen molar-refractivity contribution in [3.8, 4) is 11.5 Å². The van der Waals surface area contributed by atoms with Crippen LogP contribution in [0.25, 0.3) is 0 Å². The number of carbonyl (C=O) groups excluding carboxylic acids is 1. The van der Waals surface area contributed by atoms with E-state index in [4.69, 9.17) is 4.74 Å². The summed E-state index contributed by atoms with van der Waals surface area (Å²) in [5.41, 5.74) is 0.334. The molecule has 27 heavy (non-hydrogen) atoms. The van der Waals surface area contributed by atoms with E-state index in [9.17, 15) is 22.0 Å². The number of rotatable bonds is 5. The van der Waals surface area contributed by atoms with Gasteiger partial charge in [-0.2, -0.15) is 8.78 Å². The highest BCUT2D eigenvalue weighted by atomic mass is 32.2. The van der Waals surface area contributed by atoms with E-state index in [-0.39, 0.29) is 35.0 Å². The van der Waals surface area contributed by atoms with Gasteiger partial charge in [-0.15, -0.1) is 0 Å². The summed E-state index contributed by atoms with van der Waals surface area (Å²) in [6.07, 6.45) is 0.675. The molecule has 0 radical (unpaired) electrons. The van der Waals surface area contributed by atoms with Crippen LogP contribution in [0, 0.1) is 0 Å². The van der Waals surface area contributed by atoms with Crippen molar-refractivity contribution in [1.29, 1.82) is 0 Å². The van der Waals surface area contributed by atoms with E-state index in [1.54, 1.807) is 4.90 Å². The number of carbonyl (C=O) groups is 1. The number of hydrogen-bond donors (Lipinski definition) is 1. The maximum absolute atomic E-state index is 12.7. The molecule has 0 spiro atoms. The van der Waals surface area contributed by atoms with E-state index in [0.717, 1.165) is 0 Å². The van der Waals surface area contributed by atoms with Gasteiger partial charge in [0.15, 0.2) is 21.3 Å². The number of quaternary nitrogens is 1. The fourth-order valence-electron chi connectivity index (χ4n) is 3.70. The van der Waals surface area contributed by atoms with Crippen molar-refractivity contribution < 1.29 is 36.4 Å². The molecule has 2 saturated heterocycles. The Morgan fingerprint density at radius 1 is 1.26 bits per heavy atom. The van der Waals surface area contributed by atoms with Crippen LogP contribution in [0.5, 0.6) is 11.5 Å². The van der Waals surface area contributed by atoms with E-state index in [1.165, 1.54) is 30.2 Å². The first-order valence-corrected chi connectivity index (χ1v) is 10.6. The Bertz CT molecular complexity index is 795. The van der Waals surface area contributed by atoms with E-state index in [1.807, 2.05) is 0 Å². The molecule has 1 amide bonds. The fraction of sp³-hybridized carbons (Fsp3) is 0.588. The molecule has 0 saturated carbocycles. The summed E-state index contributed by atoms with van der Waals surface area (Å²) in [6.45, 7) is -0.563. The summed E-state index contributed by atoms with van der Waals surface area (Å²) in [4.78, 5) is 15.6. The van der Waals surface area contributed by atoms with E-state index >= 15 is 0 Å². The van der Waals surface area contributed by atoms with Gasteiger partial charge in [0.05, 0.1) is 39.0 Å². The molecule has 0 unspecified atom stereocenters. The van der Waals surface area contributed by atoms with Crippen LogP contribution >= 0.6 is 0 Å². The van der Waals surface area contributed by atoms with Crippen molar-refractivity contribution in [2.45, 2.75) is 19.1 Å². The lowest BCUT2D eigenvalue weighted by Crippen LogP contribution is -3.18. The SMILES string of the molecule is COc1cc(C(=O)N2CC[NH+]([C@@H]3CCS(=O)(=O)C3)CC2)ccc1OC(F)F. The van der Waals surface area contributed by atoms with Crippen LogP contribution in [0.2, 0.25) is 0 Å². The minimum Gasteiger partial charge on any atom is -0.493 e. The Labute approximate surface area is 156 Å². The van der Waals surface area contributed by atoms with E-state index in [0.29, 0.717) is 38.2 Å². The van der Waals surface area contributed by atoms with Crippen molar-refractivity contribution in [1.82, 2.24) is 4.90 Å². The molecule has 2 aliphatic heterocycles. The normalized spacial score (nSPS) is 22.8. The number of halogens is 2. The van der Waals surface area contributed by atoms with Crippen LogP contribution in [0.1, 0.15) is 16.8 Å². The number of amides is 1. The Morgan fingerprint density at radius 3 is 2.52 bits per heavy atom. The molecule has 3 rings (SSSR count). The van der Waals surface area contributed by atoms with Crippen molar-refractivity contribution >= 4 is 15.7 Å². The number of alkyl halides is 2. The summed E-state index contributed by atoms with van der Waals surface area (Å²) in [5.74, 6) is 0.202. The number of ether oxygens (including phenoxy) is 2. The molecule has 2 heterocycles. The molecular weight excluding hydrogens is 382 g/mol. The zero-order valence-electron chi connectivity index (χ0n) is 15.0. The average Bonchev–Trinajstić information content (AvgIpc) is 3.01. The summed E-state index contributed by atoms with van der Waals surface area (Å²) in [7, 11) is -1.60.